The van der Waals surface area contributed by atoms with Crippen LogP contribution in [0, 0.1) is 11.8 Å². The van der Waals surface area contributed by atoms with Crippen molar-refractivity contribution in [2.45, 2.75) is 25.7 Å². The summed E-state index contributed by atoms with van der Waals surface area (Å²) in [5.41, 5.74) is 2.17. The Morgan fingerprint density at radius 3 is 1.35 bits per heavy atom. The van der Waals surface area contributed by atoms with Crippen molar-refractivity contribution < 1.29 is 0 Å². The van der Waals surface area contributed by atoms with Gasteiger partial charge in [-0.15, -0.1) is 22.7 Å². The molecule has 6 aromatic rings. The third kappa shape index (κ3) is 6.34. The SMILES string of the molecule is O=c1c2ccccc2sc2cccc(NCCN3CCC(C4CCN(CCNc5cccc6sc7ccccc7c(=O)c56)CC4)CC3)c12. The van der Waals surface area contributed by atoms with E-state index in [0.29, 0.717) is 0 Å². The number of nitrogens with one attached hydrogen (secondary N) is 2. The number of rotatable bonds is 9. The van der Waals surface area contributed by atoms with E-state index in [4.69, 9.17) is 0 Å². The van der Waals surface area contributed by atoms with E-state index in [1.807, 2.05) is 60.7 Å². The molecule has 2 aromatic heterocycles. The van der Waals surface area contributed by atoms with Crippen LogP contribution in [0.2, 0.25) is 0 Å². The first-order valence-electron chi connectivity index (χ1n) is 17.4. The molecule has 0 saturated carbocycles. The molecule has 0 amide bonds. The van der Waals surface area contributed by atoms with E-state index in [-0.39, 0.29) is 10.9 Å². The molecule has 8 rings (SSSR count). The molecule has 4 aromatic carbocycles. The van der Waals surface area contributed by atoms with Gasteiger partial charge in [0, 0.05) is 67.1 Å². The number of hydrogen-bond donors (Lipinski definition) is 2. The molecule has 2 aliphatic rings. The van der Waals surface area contributed by atoms with Gasteiger partial charge in [0.05, 0.1) is 10.8 Å². The highest BCUT2D eigenvalue weighted by molar-refractivity contribution is 7.25. The summed E-state index contributed by atoms with van der Waals surface area (Å²) in [6, 6.07) is 28.2. The maximum absolute atomic E-state index is 13.3. The minimum atomic E-state index is 0.127. The fraction of sp³-hybridized carbons (Fsp3) is 0.350. The lowest BCUT2D eigenvalue weighted by atomic mass is 9.79. The Balaban J connectivity index is 0.790. The van der Waals surface area contributed by atoms with Gasteiger partial charge in [-0.25, -0.2) is 0 Å². The number of likely N-dealkylation sites (tertiary alicyclic amines) is 2. The lowest BCUT2D eigenvalue weighted by Gasteiger charge is -2.40. The van der Waals surface area contributed by atoms with E-state index < -0.39 is 0 Å². The fourth-order valence-corrected chi connectivity index (χ4v) is 10.2. The van der Waals surface area contributed by atoms with Gasteiger partial charge in [-0.1, -0.05) is 36.4 Å². The largest absolute Gasteiger partial charge is 0.383 e. The van der Waals surface area contributed by atoms with Crippen molar-refractivity contribution in [3.05, 3.63) is 105 Å². The zero-order valence-electron chi connectivity index (χ0n) is 27.3. The Hall–Kier alpha value is -3.82. The Kier molecular flexibility index (Phi) is 9.15. The minimum Gasteiger partial charge on any atom is -0.383 e. The monoisotopic (exact) mass is 674 g/mol. The van der Waals surface area contributed by atoms with Crippen molar-refractivity contribution in [2.75, 3.05) is 63.0 Å². The van der Waals surface area contributed by atoms with Gasteiger partial charge in [0.25, 0.3) is 0 Å². The quantitative estimate of drug-likeness (QED) is 0.151. The summed E-state index contributed by atoms with van der Waals surface area (Å²) >= 11 is 3.38. The Morgan fingerprint density at radius 2 is 0.917 bits per heavy atom. The highest BCUT2D eigenvalue weighted by Gasteiger charge is 2.29. The molecule has 4 heterocycles. The first-order valence-corrected chi connectivity index (χ1v) is 19.1. The Morgan fingerprint density at radius 1 is 0.521 bits per heavy atom. The average Bonchev–Trinajstić information content (AvgIpc) is 3.12. The van der Waals surface area contributed by atoms with Gasteiger partial charge in [0.1, 0.15) is 0 Å². The molecule has 2 aliphatic heterocycles. The van der Waals surface area contributed by atoms with Crippen LogP contribution < -0.4 is 21.5 Å². The molecule has 2 N–H and O–H groups in total. The van der Waals surface area contributed by atoms with Crippen molar-refractivity contribution in [1.29, 1.82) is 0 Å². The van der Waals surface area contributed by atoms with Crippen LogP contribution in [0.4, 0.5) is 11.4 Å². The van der Waals surface area contributed by atoms with Gasteiger partial charge in [-0.3, -0.25) is 9.59 Å². The van der Waals surface area contributed by atoms with Crippen LogP contribution in [0.15, 0.2) is 94.5 Å². The summed E-state index contributed by atoms with van der Waals surface area (Å²) in [4.78, 5) is 31.8. The van der Waals surface area contributed by atoms with E-state index in [0.717, 1.165) is 116 Å². The summed E-state index contributed by atoms with van der Waals surface area (Å²) < 4.78 is 4.18. The maximum Gasteiger partial charge on any atom is 0.197 e. The third-order valence-electron chi connectivity index (χ3n) is 10.6. The van der Waals surface area contributed by atoms with Crippen LogP contribution in [0.5, 0.6) is 0 Å². The lowest BCUT2D eigenvalue weighted by Crippen LogP contribution is -2.42. The molecule has 2 saturated heterocycles. The first-order chi connectivity index (χ1) is 23.6. The summed E-state index contributed by atoms with van der Waals surface area (Å²) in [6.07, 6.45) is 5.14. The number of hydrogen-bond acceptors (Lipinski definition) is 8. The lowest BCUT2D eigenvalue weighted by molar-refractivity contribution is 0.0996. The van der Waals surface area contributed by atoms with Gasteiger partial charge >= 0.3 is 0 Å². The predicted octanol–water partition coefficient (Wildman–Crippen LogP) is 8.09. The van der Waals surface area contributed by atoms with Gasteiger partial charge < -0.3 is 20.4 Å². The summed E-state index contributed by atoms with van der Waals surface area (Å²) in [6.45, 7) is 8.34. The fourth-order valence-electron chi connectivity index (χ4n) is 7.98. The molecule has 0 bridgehead atoms. The molecule has 0 radical (unpaired) electrons. The van der Waals surface area contributed by atoms with Crippen molar-refractivity contribution in [3.8, 4) is 0 Å². The molecule has 2 fully saturated rings. The van der Waals surface area contributed by atoms with E-state index in [1.54, 1.807) is 22.7 Å². The maximum atomic E-state index is 13.3. The summed E-state index contributed by atoms with van der Waals surface area (Å²) in [5.74, 6) is 1.65. The van der Waals surface area contributed by atoms with Crippen LogP contribution in [-0.2, 0) is 0 Å². The van der Waals surface area contributed by atoms with Crippen LogP contribution >= 0.6 is 22.7 Å². The van der Waals surface area contributed by atoms with Gasteiger partial charge in [-0.2, -0.15) is 0 Å². The third-order valence-corrected chi connectivity index (χ3v) is 12.9. The van der Waals surface area contributed by atoms with Gasteiger partial charge in [-0.05, 0) is 112 Å². The second-order valence-corrected chi connectivity index (χ2v) is 15.6. The van der Waals surface area contributed by atoms with Crippen LogP contribution in [-0.4, -0.2) is 62.2 Å². The number of benzene rings is 4. The highest BCUT2D eigenvalue weighted by atomic mass is 32.1. The van der Waals surface area contributed by atoms with Gasteiger partial charge in [0.2, 0.25) is 0 Å². The van der Waals surface area contributed by atoms with E-state index in [2.05, 4.69) is 44.7 Å². The Labute approximate surface area is 289 Å². The van der Waals surface area contributed by atoms with Gasteiger partial charge in [0.15, 0.2) is 10.9 Å². The first kappa shape index (κ1) is 31.4. The number of piperidine rings is 2. The summed E-state index contributed by atoms with van der Waals surface area (Å²) in [5, 5.41) is 10.5. The molecule has 0 unspecified atom stereocenters. The smallest absolute Gasteiger partial charge is 0.197 e. The number of fused-ring (bicyclic) bond motifs is 4. The van der Waals surface area contributed by atoms with E-state index in [1.165, 1.54) is 25.7 Å². The van der Waals surface area contributed by atoms with Crippen LogP contribution in [0.1, 0.15) is 25.7 Å². The highest BCUT2D eigenvalue weighted by Crippen LogP contribution is 2.33. The standard InChI is InChI=1S/C40H42N4O2S2/c45-39-29-7-1-3-11-33(29)47-35-13-5-9-31(37(35)39)41-19-25-43-21-15-27(16-22-43)28-17-23-44(24-18-28)26-20-42-32-10-6-14-36-38(32)40(46)30-8-2-4-12-34(30)48-36/h1-14,27-28,41-42H,15-26H2. The Bertz CT molecular complexity index is 2040. The van der Waals surface area contributed by atoms with Crippen molar-refractivity contribution in [3.63, 3.8) is 0 Å². The van der Waals surface area contributed by atoms with Crippen molar-refractivity contribution in [1.82, 2.24) is 9.80 Å². The normalized spacial score (nSPS) is 17.1. The average molecular weight is 675 g/mol. The molecule has 6 nitrogen and oxygen atoms in total. The molecule has 48 heavy (non-hydrogen) atoms. The second kappa shape index (κ2) is 14.0. The van der Waals surface area contributed by atoms with Crippen molar-refractivity contribution >= 4 is 74.4 Å². The minimum absolute atomic E-state index is 0.127. The number of nitrogens with zero attached hydrogens (tertiary/aromatic N) is 2. The molecule has 0 atom stereocenters. The zero-order chi connectivity index (χ0) is 32.5. The molecule has 0 aliphatic carbocycles. The molecular formula is C40H42N4O2S2. The molecule has 246 valence electrons. The summed E-state index contributed by atoms with van der Waals surface area (Å²) in [7, 11) is 0. The predicted molar refractivity (Wildman–Crippen MR) is 207 cm³/mol. The second-order valence-electron chi connectivity index (χ2n) is 13.4. The van der Waals surface area contributed by atoms with E-state index >= 15 is 0 Å². The zero-order valence-corrected chi connectivity index (χ0v) is 28.9. The topological polar surface area (TPSA) is 64.7 Å². The number of anilines is 2. The molecule has 0 spiro atoms. The van der Waals surface area contributed by atoms with Crippen LogP contribution in [0.3, 0.4) is 0 Å². The van der Waals surface area contributed by atoms with Crippen molar-refractivity contribution in [2.24, 2.45) is 11.8 Å². The van der Waals surface area contributed by atoms with E-state index in [9.17, 15) is 9.59 Å². The molecular weight excluding hydrogens is 633 g/mol. The molecule has 8 heteroatoms. The van der Waals surface area contributed by atoms with Crippen LogP contribution in [0.25, 0.3) is 40.3 Å².